The minimum atomic E-state index is 0.0995. The second-order valence-electron chi connectivity index (χ2n) is 6.69. The number of ether oxygens (including phenoxy) is 1. The summed E-state index contributed by atoms with van der Waals surface area (Å²) in [6.07, 6.45) is 4.48. The van der Waals surface area contributed by atoms with Crippen LogP contribution in [0.5, 0.6) is 0 Å². The lowest BCUT2D eigenvalue weighted by Crippen LogP contribution is -2.45. The van der Waals surface area contributed by atoms with E-state index < -0.39 is 0 Å². The minimum Gasteiger partial charge on any atom is -0.469 e. The average Bonchev–Trinajstić information content (AvgIpc) is 2.88. The molecule has 0 unspecified atom stereocenters. The van der Waals surface area contributed by atoms with E-state index in [1.165, 1.54) is 19.3 Å². The van der Waals surface area contributed by atoms with E-state index in [0.29, 0.717) is 11.5 Å². The van der Waals surface area contributed by atoms with Crippen molar-refractivity contribution in [1.82, 2.24) is 0 Å². The predicted molar refractivity (Wildman–Crippen MR) is 73.5 cm³/mol. The Labute approximate surface area is 109 Å². The van der Waals surface area contributed by atoms with Gasteiger partial charge >= 0.3 is 0 Å². The fourth-order valence-electron chi connectivity index (χ4n) is 4.00. The monoisotopic (exact) mass is 253 g/mol. The van der Waals surface area contributed by atoms with Gasteiger partial charge in [-0.3, -0.25) is 0 Å². The van der Waals surface area contributed by atoms with Crippen molar-refractivity contribution in [3.63, 3.8) is 0 Å². The first-order chi connectivity index (χ1) is 7.93. The van der Waals surface area contributed by atoms with Crippen molar-refractivity contribution in [2.24, 2.45) is 22.2 Å². The SMILES string of the molecule is C[C@H]1CSC(=N[C@@]2(C)[C@H]3CC[C@@H](C3)C2(C)C)O1. The molecule has 0 N–H and O–H groups in total. The van der Waals surface area contributed by atoms with Gasteiger partial charge in [-0.15, -0.1) is 0 Å². The third kappa shape index (κ3) is 1.57. The maximum absolute atomic E-state index is 5.80. The largest absolute Gasteiger partial charge is 0.469 e. The van der Waals surface area contributed by atoms with Gasteiger partial charge in [0.15, 0.2) is 0 Å². The number of fused-ring (bicyclic) bond motifs is 2. The van der Waals surface area contributed by atoms with Crippen molar-refractivity contribution >= 4 is 17.0 Å². The van der Waals surface area contributed by atoms with Crippen LogP contribution < -0.4 is 0 Å². The minimum absolute atomic E-state index is 0.0995. The van der Waals surface area contributed by atoms with Gasteiger partial charge in [0, 0.05) is 5.75 Å². The van der Waals surface area contributed by atoms with Crippen molar-refractivity contribution in [2.75, 3.05) is 5.75 Å². The van der Waals surface area contributed by atoms with E-state index in [1.54, 1.807) is 11.8 Å². The molecule has 0 amide bonds. The molecule has 1 heterocycles. The highest BCUT2D eigenvalue weighted by molar-refractivity contribution is 8.13. The van der Waals surface area contributed by atoms with E-state index in [2.05, 4.69) is 27.7 Å². The van der Waals surface area contributed by atoms with E-state index in [4.69, 9.17) is 9.73 Å². The van der Waals surface area contributed by atoms with Gasteiger partial charge in [-0.2, -0.15) is 0 Å². The third-order valence-electron chi connectivity index (χ3n) is 5.62. The van der Waals surface area contributed by atoms with E-state index in [-0.39, 0.29) is 5.54 Å². The number of nitrogens with zero attached hydrogens (tertiary/aromatic N) is 1. The molecule has 3 rings (SSSR count). The number of aliphatic imine (C=N–C) groups is 1. The molecule has 3 aliphatic rings. The van der Waals surface area contributed by atoms with Crippen LogP contribution in [0.15, 0.2) is 4.99 Å². The molecule has 2 saturated carbocycles. The lowest BCUT2D eigenvalue weighted by Gasteiger charge is -2.44. The highest BCUT2D eigenvalue weighted by Gasteiger charge is 2.60. The van der Waals surface area contributed by atoms with Gasteiger partial charge in [-0.1, -0.05) is 25.6 Å². The highest BCUT2D eigenvalue weighted by atomic mass is 32.2. The number of thioether (sulfide) groups is 1. The quantitative estimate of drug-likeness (QED) is 0.710. The zero-order valence-corrected chi connectivity index (χ0v) is 12.1. The van der Waals surface area contributed by atoms with E-state index in [1.807, 2.05) is 0 Å². The molecule has 2 bridgehead atoms. The molecule has 96 valence electrons. The standard InChI is InChI=1S/C14H23NOS/c1-9-8-17-12(16-9)15-14(4)11-6-5-10(7-11)13(14,2)3/h9-11H,5-8H2,1-4H3/t9-,10-,11-,14-/m0/s1. The molecule has 0 aromatic carbocycles. The summed E-state index contributed by atoms with van der Waals surface area (Å²) in [6.45, 7) is 9.30. The number of rotatable bonds is 1. The topological polar surface area (TPSA) is 21.6 Å². The summed E-state index contributed by atoms with van der Waals surface area (Å²) in [5.41, 5.74) is 0.432. The summed E-state index contributed by atoms with van der Waals surface area (Å²) in [7, 11) is 0. The Kier molecular flexibility index (Phi) is 2.56. The van der Waals surface area contributed by atoms with Gasteiger partial charge in [0.2, 0.25) is 5.23 Å². The molecule has 1 aliphatic heterocycles. The zero-order chi connectivity index (χ0) is 12.3. The number of hydrogen-bond acceptors (Lipinski definition) is 3. The molecule has 17 heavy (non-hydrogen) atoms. The van der Waals surface area contributed by atoms with E-state index in [0.717, 1.165) is 22.8 Å². The van der Waals surface area contributed by atoms with E-state index in [9.17, 15) is 0 Å². The average molecular weight is 253 g/mol. The molecule has 0 aromatic heterocycles. The molecular weight excluding hydrogens is 230 g/mol. The smallest absolute Gasteiger partial charge is 0.246 e. The van der Waals surface area contributed by atoms with Crippen molar-refractivity contribution in [3.05, 3.63) is 0 Å². The van der Waals surface area contributed by atoms with Crippen LogP contribution in [-0.4, -0.2) is 22.6 Å². The van der Waals surface area contributed by atoms with Gasteiger partial charge in [0.1, 0.15) is 6.10 Å². The Morgan fingerprint density at radius 2 is 1.94 bits per heavy atom. The van der Waals surface area contributed by atoms with Gasteiger partial charge in [0.05, 0.1) is 5.54 Å². The summed E-state index contributed by atoms with van der Waals surface area (Å²) < 4.78 is 5.80. The lowest BCUT2D eigenvalue weighted by molar-refractivity contribution is 0.100. The molecule has 2 aliphatic carbocycles. The summed E-state index contributed by atoms with van der Waals surface area (Å²) in [5, 5.41) is 0.945. The van der Waals surface area contributed by atoms with Crippen LogP contribution in [0.25, 0.3) is 0 Å². The van der Waals surface area contributed by atoms with Crippen molar-refractivity contribution < 1.29 is 4.74 Å². The Hall–Kier alpha value is -0.180. The fourth-order valence-corrected chi connectivity index (χ4v) is 4.93. The molecule has 3 fully saturated rings. The van der Waals surface area contributed by atoms with Crippen LogP contribution in [-0.2, 0) is 4.74 Å². The number of hydrogen-bond donors (Lipinski definition) is 0. The van der Waals surface area contributed by atoms with Crippen LogP contribution in [0.1, 0.15) is 47.0 Å². The molecule has 0 spiro atoms. The molecule has 0 radical (unpaired) electrons. The van der Waals surface area contributed by atoms with Gasteiger partial charge < -0.3 is 4.74 Å². The summed E-state index contributed by atoms with van der Waals surface area (Å²) in [4.78, 5) is 5.05. The van der Waals surface area contributed by atoms with Gasteiger partial charge in [0.25, 0.3) is 0 Å². The molecule has 4 atom stereocenters. The Balaban J connectivity index is 1.91. The Morgan fingerprint density at radius 3 is 2.47 bits per heavy atom. The first-order valence-electron chi connectivity index (χ1n) is 6.83. The third-order valence-corrected chi connectivity index (χ3v) is 6.69. The van der Waals surface area contributed by atoms with Crippen LogP contribution >= 0.6 is 11.8 Å². The highest BCUT2D eigenvalue weighted by Crippen LogP contribution is 2.63. The Bertz CT molecular complexity index is 365. The zero-order valence-electron chi connectivity index (χ0n) is 11.3. The van der Waals surface area contributed by atoms with E-state index >= 15 is 0 Å². The molecule has 3 heteroatoms. The fraction of sp³-hybridized carbons (Fsp3) is 0.929. The second-order valence-corrected chi connectivity index (χ2v) is 7.66. The van der Waals surface area contributed by atoms with Crippen molar-refractivity contribution in [3.8, 4) is 0 Å². The van der Waals surface area contributed by atoms with Crippen LogP contribution in [0, 0.1) is 17.3 Å². The van der Waals surface area contributed by atoms with Gasteiger partial charge in [-0.05, 0) is 50.4 Å². The summed E-state index contributed by atoms with van der Waals surface area (Å²) in [5.74, 6) is 2.70. The predicted octanol–water partition coefficient (Wildman–Crippen LogP) is 3.71. The van der Waals surface area contributed by atoms with Crippen LogP contribution in [0.3, 0.4) is 0 Å². The Morgan fingerprint density at radius 1 is 1.24 bits per heavy atom. The van der Waals surface area contributed by atoms with Gasteiger partial charge in [-0.25, -0.2) is 4.99 Å². The normalized spacial score (nSPS) is 49.9. The van der Waals surface area contributed by atoms with Crippen molar-refractivity contribution in [1.29, 1.82) is 0 Å². The first-order valence-corrected chi connectivity index (χ1v) is 7.81. The maximum Gasteiger partial charge on any atom is 0.246 e. The summed E-state index contributed by atoms with van der Waals surface area (Å²) in [6, 6.07) is 0. The molecule has 0 aromatic rings. The maximum atomic E-state index is 5.80. The second kappa shape index (κ2) is 3.66. The summed E-state index contributed by atoms with van der Waals surface area (Å²) >= 11 is 1.79. The lowest BCUT2D eigenvalue weighted by atomic mass is 9.64. The molecular formula is C14H23NOS. The molecule has 1 saturated heterocycles. The van der Waals surface area contributed by atoms with Crippen LogP contribution in [0.4, 0.5) is 0 Å². The first kappa shape index (κ1) is 11.9. The van der Waals surface area contributed by atoms with Crippen LogP contribution in [0.2, 0.25) is 0 Å². The molecule has 2 nitrogen and oxygen atoms in total. The van der Waals surface area contributed by atoms with Crippen molar-refractivity contribution in [2.45, 2.75) is 58.6 Å².